The molecule has 230 valence electrons. The number of nitrogens with zero attached hydrogens (tertiary/aromatic N) is 3. The van der Waals surface area contributed by atoms with E-state index in [0.29, 0.717) is 50.3 Å². The number of carbonyl (C=O) groups excluding carboxylic acids is 1. The molecule has 2 aromatic rings. The number of alkyl halides is 6. The van der Waals surface area contributed by atoms with Gasteiger partial charge in [0.25, 0.3) is 0 Å². The van der Waals surface area contributed by atoms with Gasteiger partial charge in [-0.1, -0.05) is 6.07 Å². The molecule has 0 saturated carbocycles. The van der Waals surface area contributed by atoms with Crippen molar-refractivity contribution in [2.45, 2.75) is 75.5 Å². The highest BCUT2D eigenvalue weighted by atomic mass is 19.4. The number of rotatable bonds is 3. The van der Waals surface area contributed by atoms with Crippen LogP contribution in [0.15, 0.2) is 36.4 Å². The van der Waals surface area contributed by atoms with E-state index in [2.05, 4.69) is 4.90 Å². The Balaban J connectivity index is 1.47. The first-order chi connectivity index (χ1) is 19.6. The SMILES string of the molecule is Cc1cc(F)ccc1[C@H]1C[C@]2(CC[C@H]3COCCN32)CCN1C(=O)N(C)[C@H](C)c1cc(C(F)(F)F)cc(C(F)(F)F)c1. The van der Waals surface area contributed by atoms with Crippen molar-refractivity contribution in [2.75, 3.05) is 33.4 Å². The Morgan fingerprint density at radius 1 is 1.02 bits per heavy atom. The number of amides is 2. The highest BCUT2D eigenvalue weighted by molar-refractivity contribution is 5.75. The molecule has 12 heteroatoms. The molecule has 2 amide bonds. The van der Waals surface area contributed by atoms with Crippen LogP contribution in [0.2, 0.25) is 0 Å². The van der Waals surface area contributed by atoms with Crippen LogP contribution in [0, 0.1) is 12.7 Å². The van der Waals surface area contributed by atoms with Gasteiger partial charge >= 0.3 is 18.4 Å². The van der Waals surface area contributed by atoms with E-state index in [1.54, 1.807) is 17.9 Å². The van der Waals surface area contributed by atoms with Gasteiger partial charge in [-0.25, -0.2) is 9.18 Å². The van der Waals surface area contributed by atoms with Crippen molar-refractivity contribution in [3.05, 3.63) is 70.0 Å². The number of urea groups is 1. The lowest BCUT2D eigenvalue weighted by Gasteiger charge is -2.52. The molecule has 0 N–H and O–H groups in total. The molecule has 5 rings (SSSR count). The number of ether oxygens (including phenoxy) is 1. The minimum absolute atomic E-state index is 0.0793. The molecule has 0 radical (unpaired) electrons. The second-order valence-electron chi connectivity index (χ2n) is 11.8. The van der Waals surface area contributed by atoms with E-state index in [-0.39, 0.29) is 23.2 Å². The van der Waals surface area contributed by atoms with E-state index in [9.17, 15) is 35.5 Å². The van der Waals surface area contributed by atoms with Crippen LogP contribution in [0.1, 0.15) is 72.5 Å². The third-order valence-electron chi connectivity index (χ3n) is 9.36. The predicted octanol–water partition coefficient (Wildman–Crippen LogP) is 7.36. The summed E-state index contributed by atoms with van der Waals surface area (Å²) in [5, 5.41) is 0. The molecule has 3 fully saturated rings. The summed E-state index contributed by atoms with van der Waals surface area (Å²) in [4.78, 5) is 19.3. The van der Waals surface area contributed by atoms with Crippen LogP contribution >= 0.6 is 0 Å². The molecular weight excluding hydrogens is 567 g/mol. The Bertz CT molecular complexity index is 1300. The van der Waals surface area contributed by atoms with E-state index >= 15 is 0 Å². The minimum atomic E-state index is -5.00. The lowest BCUT2D eigenvalue weighted by Crippen LogP contribution is -2.59. The molecule has 0 unspecified atom stereocenters. The van der Waals surface area contributed by atoms with Crippen LogP contribution < -0.4 is 0 Å². The van der Waals surface area contributed by atoms with E-state index in [0.717, 1.165) is 24.9 Å². The highest BCUT2D eigenvalue weighted by Gasteiger charge is 2.52. The van der Waals surface area contributed by atoms with Crippen molar-refractivity contribution < 1.29 is 40.3 Å². The normalized spacial score (nSPS) is 25.9. The average Bonchev–Trinajstić information content (AvgIpc) is 3.28. The number of hydrogen-bond acceptors (Lipinski definition) is 3. The largest absolute Gasteiger partial charge is 0.416 e. The van der Waals surface area contributed by atoms with E-state index in [1.165, 1.54) is 31.0 Å². The molecule has 0 aromatic heterocycles. The van der Waals surface area contributed by atoms with Crippen LogP contribution in [-0.4, -0.2) is 65.7 Å². The van der Waals surface area contributed by atoms with Gasteiger partial charge in [-0.3, -0.25) is 4.90 Å². The zero-order valence-corrected chi connectivity index (χ0v) is 23.7. The molecule has 4 atom stereocenters. The zero-order valence-electron chi connectivity index (χ0n) is 23.7. The Labute approximate surface area is 240 Å². The van der Waals surface area contributed by atoms with Gasteiger partial charge in [0.1, 0.15) is 5.82 Å². The Kier molecular flexibility index (Phi) is 8.02. The van der Waals surface area contributed by atoms with Crippen LogP contribution in [0.5, 0.6) is 0 Å². The van der Waals surface area contributed by atoms with Crippen molar-refractivity contribution in [1.82, 2.24) is 14.7 Å². The minimum Gasteiger partial charge on any atom is -0.378 e. The number of fused-ring (bicyclic) bond motifs is 2. The van der Waals surface area contributed by atoms with Gasteiger partial charge in [0.05, 0.1) is 36.4 Å². The summed E-state index contributed by atoms with van der Waals surface area (Å²) < 4.78 is 101. The maximum atomic E-state index is 14.1. The predicted molar refractivity (Wildman–Crippen MR) is 141 cm³/mol. The van der Waals surface area contributed by atoms with Crippen molar-refractivity contribution >= 4 is 6.03 Å². The van der Waals surface area contributed by atoms with Gasteiger partial charge in [0, 0.05) is 31.7 Å². The summed E-state index contributed by atoms with van der Waals surface area (Å²) in [5.41, 5.74) is -1.90. The Hall–Kier alpha value is -2.86. The van der Waals surface area contributed by atoms with Crippen LogP contribution in [0.4, 0.5) is 35.5 Å². The molecule has 3 saturated heterocycles. The number of carbonyl (C=O) groups is 1. The van der Waals surface area contributed by atoms with Crippen LogP contribution in [0.3, 0.4) is 0 Å². The lowest BCUT2D eigenvalue weighted by atomic mass is 9.78. The molecule has 3 aliphatic heterocycles. The number of aryl methyl sites for hydroxylation is 1. The number of morpholine rings is 1. The fraction of sp³-hybridized carbons (Fsp3) is 0.567. The van der Waals surface area contributed by atoms with Gasteiger partial charge < -0.3 is 14.5 Å². The molecule has 42 heavy (non-hydrogen) atoms. The molecular formula is C30H34F7N3O2. The third kappa shape index (κ3) is 5.71. The fourth-order valence-corrected chi connectivity index (χ4v) is 6.97. The first-order valence-electron chi connectivity index (χ1n) is 14.0. The smallest absolute Gasteiger partial charge is 0.378 e. The van der Waals surface area contributed by atoms with Crippen molar-refractivity contribution in [2.24, 2.45) is 0 Å². The summed E-state index contributed by atoms with van der Waals surface area (Å²) in [5.74, 6) is -0.412. The fourth-order valence-electron chi connectivity index (χ4n) is 6.97. The standard InChI is InChI=1S/C30H34F7N3O2/c1-18-12-23(31)4-5-25(18)26-16-28(7-6-24-17-42-11-10-40(24)28)8-9-39(26)27(41)38(3)19(2)20-13-21(29(32,33)34)15-22(14-20)30(35,36)37/h4-5,12-15,19,24,26H,6-11,16-17H2,1-3H3/t19-,24+,26-,28+/m1/s1. The van der Waals surface area contributed by atoms with Gasteiger partial charge in [-0.2, -0.15) is 26.3 Å². The second-order valence-corrected chi connectivity index (χ2v) is 11.8. The van der Waals surface area contributed by atoms with Gasteiger partial charge in [0.15, 0.2) is 0 Å². The summed E-state index contributed by atoms with van der Waals surface area (Å²) in [6.45, 7) is 5.52. The van der Waals surface area contributed by atoms with Crippen LogP contribution in [0.25, 0.3) is 0 Å². The highest BCUT2D eigenvalue weighted by Crippen LogP contribution is 2.49. The molecule has 5 nitrogen and oxygen atoms in total. The van der Waals surface area contributed by atoms with E-state index in [1.807, 2.05) is 0 Å². The Morgan fingerprint density at radius 2 is 1.69 bits per heavy atom. The molecule has 0 aliphatic carbocycles. The van der Waals surface area contributed by atoms with Gasteiger partial charge in [-0.05, 0) is 86.6 Å². The monoisotopic (exact) mass is 601 g/mol. The number of likely N-dealkylation sites (tertiary alicyclic amines) is 1. The van der Waals surface area contributed by atoms with E-state index in [4.69, 9.17) is 4.74 Å². The molecule has 3 aliphatic rings. The first-order valence-corrected chi connectivity index (χ1v) is 14.0. The summed E-state index contributed by atoms with van der Waals surface area (Å²) in [6, 6.07) is 4.00. The molecule has 1 spiro atoms. The number of piperidine rings is 1. The summed E-state index contributed by atoms with van der Waals surface area (Å²) >= 11 is 0. The lowest BCUT2D eigenvalue weighted by molar-refractivity contribution is -0.143. The number of benzene rings is 2. The summed E-state index contributed by atoms with van der Waals surface area (Å²) in [7, 11) is 1.38. The van der Waals surface area contributed by atoms with Gasteiger partial charge in [0.2, 0.25) is 0 Å². The number of halogens is 7. The van der Waals surface area contributed by atoms with Gasteiger partial charge in [-0.15, -0.1) is 0 Å². The van der Waals surface area contributed by atoms with Crippen molar-refractivity contribution in [3.8, 4) is 0 Å². The summed E-state index contributed by atoms with van der Waals surface area (Å²) in [6.07, 6.45) is -6.89. The topological polar surface area (TPSA) is 36.0 Å². The van der Waals surface area contributed by atoms with Crippen molar-refractivity contribution in [3.63, 3.8) is 0 Å². The van der Waals surface area contributed by atoms with E-state index < -0.39 is 47.4 Å². The quantitative estimate of drug-likeness (QED) is 0.345. The molecule has 0 bridgehead atoms. The Morgan fingerprint density at radius 3 is 2.31 bits per heavy atom. The van der Waals surface area contributed by atoms with Crippen molar-refractivity contribution in [1.29, 1.82) is 0 Å². The van der Waals surface area contributed by atoms with Crippen LogP contribution in [-0.2, 0) is 17.1 Å². The maximum absolute atomic E-state index is 14.1. The number of hydrogen-bond donors (Lipinski definition) is 0. The maximum Gasteiger partial charge on any atom is 0.416 e. The molecule has 2 aromatic carbocycles. The zero-order chi connectivity index (χ0) is 30.6. The second kappa shape index (κ2) is 11.0. The first kappa shape index (κ1) is 30.6. The molecule has 3 heterocycles. The third-order valence-corrected chi connectivity index (χ3v) is 9.36. The average molecular weight is 602 g/mol.